The fourth-order valence-corrected chi connectivity index (χ4v) is 2.47. The number of carbonyl (C=O) groups is 1. The van der Waals surface area contributed by atoms with E-state index in [0.29, 0.717) is 25.6 Å². The fraction of sp³-hybridized carbons (Fsp3) is 0.417. The fourth-order valence-electron chi connectivity index (χ4n) is 1.70. The highest BCUT2D eigenvalue weighted by atomic mass is 35.7. The minimum Gasteiger partial charge on any atom is -0.339 e. The second-order valence-electron chi connectivity index (χ2n) is 4.09. The molecule has 0 aromatic heterocycles. The van der Waals surface area contributed by atoms with Crippen LogP contribution in [0.3, 0.4) is 0 Å². The first-order chi connectivity index (χ1) is 9.22. The summed E-state index contributed by atoms with van der Waals surface area (Å²) in [4.78, 5) is 12.7. The quantitative estimate of drug-likeness (QED) is 0.782. The molecule has 0 unspecified atom stereocenters. The monoisotopic (exact) mass is 325 g/mol. The van der Waals surface area contributed by atoms with Crippen molar-refractivity contribution in [3.63, 3.8) is 0 Å². The normalized spacial score (nSPS) is 11.4. The lowest BCUT2D eigenvalue weighted by Gasteiger charge is -2.20. The molecular weight excluding hydrogens is 312 g/mol. The zero-order valence-electron chi connectivity index (χ0n) is 11.0. The third kappa shape index (κ3) is 3.67. The molecule has 0 spiro atoms. The van der Waals surface area contributed by atoms with Gasteiger partial charge in [-0.3, -0.25) is 4.79 Å². The second kappa shape index (κ2) is 6.49. The van der Waals surface area contributed by atoms with Crippen LogP contribution in [0.5, 0.6) is 0 Å². The summed E-state index contributed by atoms with van der Waals surface area (Å²) in [5.41, 5.74) is -0.639. The number of benzene rings is 1. The van der Waals surface area contributed by atoms with Crippen LogP contribution in [0.2, 0.25) is 0 Å². The van der Waals surface area contributed by atoms with Gasteiger partial charge in [0.15, 0.2) is 11.6 Å². The third-order valence-electron chi connectivity index (χ3n) is 2.68. The first kappa shape index (κ1) is 16.8. The van der Waals surface area contributed by atoms with E-state index < -0.39 is 37.1 Å². The van der Waals surface area contributed by atoms with E-state index in [1.54, 1.807) is 6.92 Å². The van der Waals surface area contributed by atoms with Crippen molar-refractivity contribution in [3.05, 3.63) is 29.3 Å². The molecule has 4 nitrogen and oxygen atoms in total. The summed E-state index contributed by atoms with van der Waals surface area (Å²) in [7, 11) is 0.844. The van der Waals surface area contributed by atoms with Gasteiger partial charge in [-0.1, -0.05) is 6.92 Å². The topological polar surface area (TPSA) is 54.5 Å². The second-order valence-corrected chi connectivity index (χ2v) is 6.66. The molecule has 0 aliphatic carbocycles. The Morgan fingerprint density at radius 3 is 2.35 bits per heavy atom. The van der Waals surface area contributed by atoms with Gasteiger partial charge >= 0.3 is 0 Å². The minimum absolute atomic E-state index is 0.297. The van der Waals surface area contributed by atoms with Gasteiger partial charge in [0.1, 0.15) is 0 Å². The zero-order chi connectivity index (χ0) is 15.5. The van der Waals surface area contributed by atoms with Gasteiger partial charge < -0.3 is 4.90 Å². The highest BCUT2D eigenvalue weighted by molar-refractivity contribution is 8.13. The first-order valence-corrected chi connectivity index (χ1v) is 8.26. The van der Waals surface area contributed by atoms with Gasteiger partial charge in [0.2, 0.25) is 0 Å². The molecule has 0 aliphatic heterocycles. The maximum atomic E-state index is 13.7. The van der Waals surface area contributed by atoms with E-state index >= 15 is 0 Å². The Morgan fingerprint density at radius 2 is 1.90 bits per heavy atom. The summed E-state index contributed by atoms with van der Waals surface area (Å²) in [6.07, 6.45) is 0.636. The Hall–Kier alpha value is -1.21. The molecule has 8 heteroatoms. The molecule has 20 heavy (non-hydrogen) atoms. The maximum absolute atomic E-state index is 13.7. The largest absolute Gasteiger partial charge is 0.339 e. The molecule has 0 fully saturated rings. The van der Waals surface area contributed by atoms with E-state index in [-0.39, 0.29) is 0 Å². The number of carbonyl (C=O) groups excluding carboxylic acids is 1. The van der Waals surface area contributed by atoms with Crippen LogP contribution in [0.15, 0.2) is 17.0 Å². The number of halogens is 3. The Bertz CT molecular complexity index is 619. The molecule has 0 heterocycles. The zero-order valence-corrected chi connectivity index (χ0v) is 12.6. The lowest BCUT2D eigenvalue weighted by Crippen LogP contribution is -2.32. The minimum atomic E-state index is -4.25. The molecule has 1 amide bonds. The van der Waals surface area contributed by atoms with Gasteiger partial charge in [0, 0.05) is 23.8 Å². The van der Waals surface area contributed by atoms with Crippen molar-refractivity contribution < 1.29 is 22.0 Å². The maximum Gasteiger partial charge on any atom is 0.261 e. The van der Waals surface area contributed by atoms with Crippen LogP contribution < -0.4 is 0 Å². The summed E-state index contributed by atoms with van der Waals surface area (Å²) in [6, 6.07) is 1.20. The SMILES string of the molecule is CCCN(CC)C(=O)c1cc(S(=O)(=O)Cl)cc(F)c1F. The Balaban J connectivity index is 3.37. The summed E-state index contributed by atoms with van der Waals surface area (Å²) < 4.78 is 49.5. The van der Waals surface area contributed by atoms with Gasteiger partial charge in [-0.15, -0.1) is 0 Å². The van der Waals surface area contributed by atoms with Gasteiger partial charge in [0.05, 0.1) is 10.5 Å². The molecular formula is C12H14ClF2NO3S. The molecule has 0 radical (unpaired) electrons. The standard InChI is InChI=1S/C12H14ClF2NO3S/c1-3-5-16(4-2)12(17)9-6-8(20(13,18)19)7-10(14)11(9)15/h6-7H,3-5H2,1-2H3. The summed E-state index contributed by atoms with van der Waals surface area (Å²) in [6.45, 7) is 4.16. The molecule has 1 aromatic carbocycles. The first-order valence-electron chi connectivity index (χ1n) is 5.95. The Kier molecular flexibility index (Phi) is 5.47. The molecule has 0 saturated heterocycles. The van der Waals surface area contributed by atoms with Gasteiger partial charge in [-0.05, 0) is 25.5 Å². The smallest absolute Gasteiger partial charge is 0.261 e. The predicted molar refractivity (Wildman–Crippen MR) is 71.3 cm³/mol. The molecule has 1 rings (SSSR count). The molecule has 1 aromatic rings. The van der Waals surface area contributed by atoms with Crippen LogP contribution in [0.4, 0.5) is 8.78 Å². The number of rotatable bonds is 5. The number of hydrogen-bond donors (Lipinski definition) is 0. The highest BCUT2D eigenvalue weighted by Crippen LogP contribution is 2.22. The van der Waals surface area contributed by atoms with E-state index in [1.165, 1.54) is 4.90 Å². The van der Waals surface area contributed by atoms with Crippen LogP contribution in [0, 0.1) is 11.6 Å². The van der Waals surface area contributed by atoms with Crippen LogP contribution in [0.25, 0.3) is 0 Å². The van der Waals surface area contributed by atoms with E-state index in [4.69, 9.17) is 10.7 Å². The van der Waals surface area contributed by atoms with Gasteiger partial charge in [-0.2, -0.15) is 0 Å². The highest BCUT2D eigenvalue weighted by Gasteiger charge is 2.24. The van der Waals surface area contributed by atoms with Gasteiger partial charge in [-0.25, -0.2) is 17.2 Å². The van der Waals surface area contributed by atoms with Crippen LogP contribution in [0.1, 0.15) is 30.6 Å². The lowest BCUT2D eigenvalue weighted by molar-refractivity contribution is 0.0758. The molecule has 0 bridgehead atoms. The van der Waals surface area contributed by atoms with Crippen molar-refractivity contribution in [1.82, 2.24) is 4.90 Å². The van der Waals surface area contributed by atoms with Crippen molar-refractivity contribution in [2.75, 3.05) is 13.1 Å². The van der Waals surface area contributed by atoms with Crippen LogP contribution in [-0.2, 0) is 9.05 Å². The molecule has 0 aliphatic rings. The number of amides is 1. The summed E-state index contributed by atoms with van der Waals surface area (Å²) >= 11 is 0. The van der Waals surface area contributed by atoms with E-state index in [1.807, 2.05) is 6.92 Å². The summed E-state index contributed by atoms with van der Waals surface area (Å²) in [5, 5.41) is 0. The third-order valence-corrected chi connectivity index (χ3v) is 4.01. The number of nitrogens with zero attached hydrogens (tertiary/aromatic N) is 1. The molecule has 0 atom stereocenters. The van der Waals surface area contributed by atoms with Crippen molar-refractivity contribution >= 4 is 25.6 Å². The van der Waals surface area contributed by atoms with E-state index in [2.05, 4.69) is 0 Å². The molecule has 0 N–H and O–H groups in total. The van der Waals surface area contributed by atoms with E-state index in [0.717, 1.165) is 6.07 Å². The lowest BCUT2D eigenvalue weighted by atomic mass is 10.1. The van der Waals surface area contributed by atoms with Crippen molar-refractivity contribution in [2.45, 2.75) is 25.2 Å². The van der Waals surface area contributed by atoms with Crippen molar-refractivity contribution in [3.8, 4) is 0 Å². The van der Waals surface area contributed by atoms with Crippen molar-refractivity contribution in [2.24, 2.45) is 0 Å². The Labute approximate surface area is 120 Å². The van der Waals surface area contributed by atoms with Crippen molar-refractivity contribution in [1.29, 1.82) is 0 Å². The Morgan fingerprint density at radius 1 is 1.30 bits per heavy atom. The van der Waals surface area contributed by atoms with Crippen LogP contribution in [-0.4, -0.2) is 32.3 Å². The van der Waals surface area contributed by atoms with Crippen LogP contribution >= 0.6 is 10.7 Å². The number of hydrogen-bond acceptors (Lipinski definition) is 3. The average Bonchev–Trinajstić information content (AvgIpc) is 2.37. The average molecular weight is 326 g/mol. The molecule has 0 saturated carbocycles. The predicted octanol–water partition coefficient (Wildman–Crippen LogP) is 2.76. The van der Waals surface area contributed by atoms with E-state index in [9.17, 15) is 22.0 Å². The molecule has 112 valence electrons. The summed E-state index contributed by atoms with van der Waals surface area (Å²) in [5.74, 6) is -3.58. The van der Waals surface area contributed by atoms with Gasteiger partial charge in [0.25, 0.3) is 15.0 Å².